The topological polar surface area (TPSA) is 52.7 Å². The van der Waals surface area contributed by atoms with E-state index in [2.05, 4.69) is 5.32 Å². The van der Waals surface area contributed by atoms with Crippen molar-refractivity contribution in [2.75, 3.05) is 22.5 Å². The number of amides is 3. The number of rotatable bonds is 3. The SMILES string of the molecule is O=C(Nc1ccc(Cl)cc1)N1CCS[C@]12C(=O)N(Cc1ccccc1F)c1ccccc12. The lowest BCUT2D eigenvalue weighted by molar-refractivity contribution is -0.123. The summed E-state index contributed by atoms with van der Waals surface area (Å²) in [5.74, 6) is 0.00706. The fourth-order valence-electron chi connectivity index (χ4n) is 4.25. The summed E-state index contributed by atoms with van der Waals surface area (Å²) in [5, 5.41) is 3.44. The second kappa shape index (κ2) is 8.15. The van der Waals surface area contributed by atoms with Crippen LogP contribution in [0.25, 0.3) is 0 Å². The fraction of sp³-hybridized carbons (Fsp3) is 0.167. The number of benzene rings is 3. The zero-order valence-electron chi connectivity index (χ0n) is 16.9. The van der Waals surface area contributed by atoms with Crippen molar-refractivity contribution in [3.63, 3.8) is 0 Å². The molecule has 0 aliphatic carbocycles. The number of carbonyl (C=O) groups is 2. The first-order valence-corrected chi connectivity index (χ1v) is 11.5. The highest BCUT2D eigenvalue weighted by atomic mass is 35.5. The minimum atomic E-state index is -1.18. The molecule has 3 aromatic rings. The number of nitrogens with zero attached hydrogens (tertiary/aromatic N) is 2. The summed E-state index contributed by atoms with van der Waals surface area (Å²) in [5.41, 5.74) is 2.45. The lowest BCUT2D eigenvalue weighted by Gasteiger charge is -2.33. The third-order valence-electron chi connectivity index (χ3n) is 5.73. The van der Waals surface area contributed by atoms with Crippen LogP contribution in [0.1, 0.15) is 11.1 Å². The second-order valence-corrected chi connectivity index (χ2v) is 9.31. The molecule has 0 aromatic heterocycles. The molecular formula is C24H19ClFN3O2S. The number of para-hydroxylation sites is 1. The molecule has 2 aliphatic rings. The minimum absolute atomic E-state index is 0.0947. The maximum absolute atomic E-state index is 14.4. The number of carbonyl (C=O) groups excluding carboxylic acids is 2. The number of anilines is 2. The number of fused-ring (bicyclic) bond motifs is 2. The minimum Gasteiger partial charge on any atom is -0.308 e. The molecule has 0 unspecified atom stereocenters. The van der Waals surface area contributed by atoms with Gasteiger partial charge in [0.05, 0.1) is 12.2 Å². The summed E-state index contributed by atoms with van der Waals surface area (Å²) in [6, 6.07) is 20.3. The molecule has 1 saturated heterocycles. The number of nitrogens with one attached hydrogen (secondary N) is 1. The van der Waals surface area contributed by atoms with Gasteiger partial charge in [-0.3, -0.25) is 9.69 Å². The molecule has 1 spiro atoms. The largest absolute Gasteiger partial charge is 0.323 e. The van der Waals surface area contributed by atoms with Crippen LogP contribution in [0, 0.1) is 5.82 Å². The molecule has 162 valence electrons. The summed E-state index contributed by atoms with van der Waals surface area (Å²) in [6.45, 7) is 0.509. The molecule has 0 bridgehead atoms. The van der Waals surface area contributed by atoms with Gasteiger partial charge in [0, 0.05) is 34.1 Å². The summed E-state index contributed by atoms with van der Waals surface area (Å²) in [4.78, 5) is 29.1. The van der Waals surface area contributed by atoms with E-state index in [4.69, 9.17) is 11.6 Å². The Morgan fingerprint density at radius 2 is 1.78 bits per heavy atom. The predicted molar refractivity (Wildman–Crippen MR) is 125 cm³/mol. The van der Waals surface area contributed by atoms with Gasteiger partial charge in [-0.05, 0) is 36.4 Å². The summed E-state index contributed by atoms with van der Waals surface area (Å²) >= 11 is 7.37. The van der Waals surface area contributed by atoms with Crippen LogP contribution in [0.15, 0.2) is 72.8 Å². The van der Waals surface area contributed by atoms with Crippen molar-refractivity contribution in [2.24, 2.45) is 0 Å². The van der Waals surface area contributed by atoms with Crippen LogP contribution < -0.4 is 10.2 Å². The van der Waals surface area contributed by atoms with Gasteiger partial charge >= 0.3 is 6.03 Å². The lowest BCUT2D eigenvalue weighted by atomic mass is 10.1. The lowest BCUT2D eigenvalue weighted by Crippen LogP contribution is -2.51. The van der Waals surface area contributed by atoms with E-state index in [0.29, 0.717) is 34.3 Å². The Labute approximate surface area is 194 Å². The van der Waals surface area contributed by atoms with Gasteiger partial charge in [0.25, 0.3) is 5.91 Å². The Kier molecular flexibility index (Phi) is 5.31. The van der Waals surface area contributed by atoms with E-state index in [1.807, 2.05) is 24.3 Å². The van der Waals surface area contributed by atoms with E-state index in [1.165, 1.54) is 17.8 Å². The van der Waals surface area contributed by atoms with Crippen LogP contribution in [0.4, 0.5) is 20.6 Å². The molecule has 1 N–H and O–H groups in total. The van der Waals surface area contributed by atoms with E-state index in [9.17, 15) is 14.0 Å². The Morgan fingerprint density at radius 1 is 1.06 bits per heavy atom. The molecule has 3 aromatic carbocycles. The quantitative estimate of drug-likeness (QED) is 0.556. The van der Waals surface area contributed by atoms with Crippen molar-refractivity contribution < 1.29 is 14.0 Å². The van der Waals surface area contributed by atoms with E-state index in [1.54, 1.807) is 52.3 Å². The molecule has 2 heterocycles. The number of hydrogen-bond donors (Lipinski definition) is 1. The van der Waals surface area contributed by atoms with Gasteiger partial charge in [-0.2, -0.15) is 0 Å². The van der Waals surface area contributed by atoms with Gasteiger partial charge in [-0.25, -0.2) is 9.18 Å². The van der Waals surface area contributed by atoms with Gasteiger partial charge < -0.3 is 10.2 Å². The van der Waals surface area contributed by atoms with E-state index < -0.39 is 4.87 Å². The third-order valence-corrected chi connectivity index (χ3v) is 7.40. The maximum Gasteiger partial charge on any atom is 0.323 e. The third kappa shape index (κ3) is 3.32. The van der Waals surface area contributed by atoms with Crippen LogP contribution in [0.3, 0.4) is 0 Å². The number of hydrogen-bond acceptors (Lipinski definition) is 3. The smallest absolute Gasteiger partial charge is 0.308 e. The van der Waals surface area contributed by atoms with Crippen LogP contribution in [0.2, 0.25) is 5.02 Å². The number of urea groups is 1. The molecule has 1 atom stereocenters. The molecule has 32 heavy (non-hydrogen) atoms. The molecule has 8 heteroatoms. The monoisotopic (exact) mass is 467 g/mol. The van der Waals surface area contributed by atoms with Gasteiger partial charge in [-0.15, -0.1) is 11.8 Å². The van der Waals surface area contributed by atoms with Crippen molar-refractivity contribution in [2.45, 2.75) is 11.4 Å². The molecule has 0 radical (unpaired) electrons. The fourth-order valence-corrected chi connectivity index (χ4v) is 5.83. The first-order chi connectivity index (χ1) is 15.5. The highest BCUT2D eigenvalue weighted by Gasteiger charge is 2.59. The number of thioether (sulfide) groups is 1. The predicted octanol–water partition coefficient (Wildman–Crippen LogP) is 5.46. The van der Waals surface area contributed by atoms with Gasteiger partial charge in [0.1, 0.15) is 5.82 Å². The van der Waals surface area contributed by atoms with Crippen LogP contribution in [-0.4, -0.2) is 29.1 Å². The van der Waals surface area contributed by atoms with E-state index in [0.717, 1.165) is 5.56 Å². The highest BCUT2D eigenvalue weighted by Crippen LogP contribution is 2.54. The Hall–Kier alpha value is -3.03. The number of halogens is 2. The average molecular weight is 468 g/mol. The Bertz CT molecular complexity index is 1210. The molecule has 3 amide bonds. The molecule has 0 saturated carbocycles. The first-order valence-electron chi connectivity index (χ1n) is 10.1. The van der Waals surface area contributed by atoms with Crippen molar-refractivity contribution in [3.05, 3.63) is 94.8 Å². The molecule has 5 nitrogen and oxygen atoms in total. The van der Waals surface area contributed by atoms with Gasteiger partial charge in [0.15, 0.2) is 4.87 Å². The van der Waals surface area contributed by atoms with E-state index >= 15 is 0 Å². The summed E-state index contributed by atoms with van der Waals surface area (Å²) < 4.78 is 14.4. The Balaban J connectivity index is 1.51. The van der Waals surface area contributed by atoms with Gasteiger partial charge in [0.2, 0.25) is 0 Å². The van der Waals surface area contributed by atoms with Crippen molar-refractivity contribution in [3.8, 4) is 0 Å². The van der Waals surface area contributed by atoms with Crippen LogP contribution >= 0.6 is 23.4 Å². The average Bonchev–Trinajstić information content (AvgIpc) is 3.34. The molecule has 5 rings (SSSR count). The molecular weight excluding hydrogens is 449 g/mol. The summed E-state index contributed by atoms with van der Waals surface area (Å²) in [6.07, 6.45) is 0. The van der Waals surface area contributed by atoms with Crippen molar-refractivity contribution >= 4 is 46.7 Å². The van der Waals surface area contributed by atoms with Crippen molar-refractivity contribution in [1.82, 2.24) is 4.90 Å². The van der Waals surface area contributed by atoms with Crippen LogP contribution in [0.5, 0.6) is 0 Å². The standard InChI is InChI=1S/C24H19ClFN3O2S/c25-17-9-11-18(12-10-17)27-23(31)29-13-14-32-24(29)19-6-2-4-8-21(19)28(22(24)30)15-16-5-1-3-7-20(16)26/h1-12H,13-15H2,(H,27,31)/t24-/m1/s1. The van der Waals surface area contributed by atoms with Gasteiger partial charge in [-0.1, -0.05) is 48.0 Å². The zero-order chi connectivity index (χ0) is 22.3. The summed E-state index contributed by atoms with van der Waals surface area (Å²) in [7, 11) is 0. The molecule has 2 aliphatic heterocycles. The zero-order valence-corrected chi connectivity index (χ0v) is 18.5. The van der Waals surface area contributed by atoms with E-state index in [-0.39, 0.29) is 24.3 Å². The highest BCUT2D eigenvalue weighted by molar-refractivity contribution is 8.01. The Morgan fingerprint density at radius 3 is 2.56 bits per heavy atom. The van der Waals surface area contributed by atoms with Crippen LogP contribution in [-0.2, 0) is 16.2 Å². The normalized spacial score (nSPS) is 19.5. The second-order valence-electron chi connectivity index (χ2n) is 7.58. The first kappa shape index (κ1) is 20.8. The molecule has 1 fully saturated rings. The maximum atomic E-state index is 14.4. The van der Waals surface area contributed by atoms with Crippen molar-refractivity contribution in [1.29, 1.82) is 0 Å².